The summed E-state index contributed by atoms with van der Waals surface area (Å²) in [6.45, 7) is 5.18. The number of allylic oxidation sites excluding steroid dienone is 2. The van der Waals surface area contributed by atoms with Gasteiger partial charge in [-0.05, 0) is 43.7 Å². The maximum absolute atomic E-state index is 11.9. The lowest BCUT2D eigenvalue weighted by atomic mass is 9.85. The first-order valence-electron chi connectivity index (χ1n) is 6.49. The highest BCUT2D eigenvalue weighted by atomic mass is 32.1. The first-order valence-corrected chi connectivity index (χ1v) is 7.31. The van der Waals surface area contributed by atoms with E-state index < -0.39 is 0 Å². The molecular formula is C15H20O2S. The van der Waals surface area contributed by atoms with Crippen molar-refractivity contribution in [2.24, 2.45) is 11.8 Å². The molecule has 0 aliphatic heterocycles. The minimum atomic E-state index is 0.104. The van der Waals surface area contributed by atoms with Crippen LogP contribution in [-0.2, 0) is 4.74 Å². The topological polar surface area (TPSA) is 26.3 Å². The summed E-state index contributed by atoms with van der Waals surface area (Å²) in [7, 11) is 0. The predicted molar refractivity (Wildman–Crippen MR) is 75.2 cm³/mol. The molecule has 0 saturated heterocycles. The number of rotatable bonds is 5. The summed E-state index contributed by atoms with van der Waals surface area (Å²) in [5.74, 6) is 1.33. The molecule has 3 heteroatoms. The van der Waals surface area contributed by atoms with E-state index in [1.54, 1.807) is 11.3 Å². The van der Waals surface area contributed by atoms with Gasteiger partial charge in [0.1, 0.15) is 6.61 Å². The van der Waals surface area contributed by atoms with E-state index in [4.69, 9.17) is 4.74 Å². The number of aryl methyl sites for hydroxylation is 1. The molecule has 0 saturated carbocycles. The molecule has 2 atom stereocenters. The van der Waals surface area contributed by atoms with Crippen LogP contribution in [0, 0.1) is 18.8 Å². The lowest BCUT2D eigenvalue weighted by Crippen LogP contribution is -2.21. The molecule has 0 aromatic carbocycles. The lowest BCUT2D eigenvalue weighted by Gasteiger charge is -2.24. The van der Waals surface area contributed by atoms with Crippen LogP contribution in [0.3, 0.4) is 0 Å². The quantitative estimate of drug-likeness (QED) is 0.596. The van der Waals surface area contributed by atoms with E-state index in [0.29, 0.717) is 18.4 Å². The van der Waals surface area contributed by atoms with E-state index in [1.165, 1.54) is 4.88 Å². The summed E-state index contributed by atoms with van der Waals surface area (Å²) in [6.07, 6.45) is 6.67. The van der Waals surface area contributed by atoms with Crippen molar-refractivity contribution in [3.05, 3.63) is 34.0 Å². The number of ketones is 1. The van der Waals surface area contributed by atoms with Gasteiger partial charge in [0.25, 0.3) is 0 Å². The zero-order valence-corrected chi connectivity index (χ0v) is 11.8. The van der Waals surface area contributed by atoms with Crippen LogP contribution in [0.25, 0.3) is 0 Å². The molecule has 0 fully saturated rings. The summed E-state index contributed by atoms with van der Waals surface area (Å²) < 4.78 is 5.59. The smallest absolute Gasteiger partial charge is 0.198 e. The second kappa shape index (κ2) is 6.30. The maximum Gasteiger partial charge on any atom is 0.198 e. The number of carbonyl (C=O) groups excluding carboxylic acids is 1. The fourth-order valence-corrected chi connectivity index (χ4v) is 2.99. The van der Waals surface area contributed by atoms with Crippen molar-refractivity contribution in [3.8, 4) is 0 Å². The summed E-state index contributed by atoms with van der Waals surface area (Å²) in [6, 6.07) is 3.86. The molecule has 1 heterocycles. The first-order chi connectivity index (χ1) is 8.66. The van der Waals surface area contributed by atoms with Gasteiger partial charge in [-0.1, -0.05) is 19.1 Å². The third-order valence-corrected chi connectivity index (χ3v) is 4.54. The van der Waals surface area contributed by atoms with E-state index in [2.05, 4.69) is 19.1 Å². The number of hydrogen-bond donors (Lipinski definition) is 0. The van der Waals surface area contributed by atoms with Crippen LogP contribution in [0.2, 0.25) is 0 Å². The lowest BCUT2D eigenvalue weighted by molar-refractivity contribution is 0.0606. The normalized spacial score (nSPS) is 23.2. The molecule has 0 radical (unpaired) electrons. The number of ether oxygens (including phenoxy) is 1. The molecule has 1 aliphatic rings. The predicted octanol–water partition coefficient (Wildman–Crippen LogP) is 3.86. The Bertz CT molecular complexity index is 433. The van der Waals surface area contributed by atoms with Crippen molar-refractivity contribution in [1.29, 1.82) is 0 Å². The standard InChI is InChI=1S/C15H20O2S/c1-11-5-3-4-6-13(11)9-17-10-14(16)15-8-7-12(2)18-15/h3-4,7-8,11,13H,5-6,9-10H2,1-2H3. The molecule has 1 aliphatic carbocycles. The minimum absolute atomic E-state index is 0.104. The van der Waals surface area contributed by atoms with E-state index in [9.17, 15) is 4.79 Å². The highest BCUT2D eigenvalue weighted by Gasteiger charge is 2.19. The van der Waals surface area contributed by atoms with Crippen molar-refractivity contribution < 1.29 is 9.53 Å². The molecule has 2 rings (SSSR count). The minimum Gasteiger partial charge on any atom is -0.373 e. The van der Waals surface area contributed by atoms with Gasteiger partial charge in [0.15, 0.2) is 5.78 Å². The zero-order valence-electron chi connectivity index (χ0n) is 11.0. The highest BCUT2D eigenvalue weighted by Crippen LogP contribution is 2.25. The highest BCUT2D eigenvalue weighted by molar-refractivity contribution is 7.14. The van der Waals surface area contributed by atoms with E-state index >= 15 is 0 Å². The fraction of sp³-hybridized carbons (Fsp3) is 0.533. The number of Topliss-reactive ketones (excluding diaryl/α,β-unsaturated/α-hetero) is 1. The second-order valence-corrected chi connectivity index (χ2v) is 6.32. The van der Waals surface area contributed by atoms with Crippen molar-refractivity contribution in [1.82, 2.24) is 0 Å². The van der Waals surface area contributed by atoms with Crippen molar-refractivity contribution in [2.45, 2.75) is 26.7 Å². The van der Waals surface area contributed by atoms with Crippen LogP contribution in [0.5, 0.6) is 0 Å². The van der Waals surface area contributed by atoms with Gasteiger partial charge >= 0.3 is 0 Å². The Morgan fingerprint density at radius 1 is 1.39 bits per heavy atom. The van der Waals surface area contributed by atoms with Crippen LogP contribution >= 0.6 is 11.3 Å². The molecule has 0 amide bonds. The van der Waals surface area contributed by atoms with Gasteiger partial charge in [-0.3, -0.25) is 4.79 Å². The van der Waals surface area contributed by atoms with Gasteiger partial charge < -0.3 is 4.74 Å². The summed E-state index contributed by atoms with van der Waals surface area (Å²) in [5, 5.41) is 0. The van der Waals surface area contributed by atoms with Crippen molar-refractivity contribution in [2.75, 3.05) is 13.2 Å². The van der Waals surface area contributed by atoms with Crippen LogP contribution in [0.4, 0.5) is 0 Å². The zero-order chi connectivity index (χ0) is 13.0. The van der Waals surface area contributed by atoms with Gasteiger partial charge in [-0.2, -0.15) is 0 Å². The maximum atomic E-state index is 11.9. The Morgan fingerprint density at radius 3 is 2.83 bits per heavy atom. The fourth-order valence-electron chi connectivity index (χ4n) is 2.20. The molecule has 0 N–H and O–H groups in total. The Hall–Kier alpha value is -0.930. The molecule has 18 heavy (non-hydrogen) atoms. The van der Waals surface area contributed by atoms with E-state index in [1.807, 2.05) is 19.1 Å². The molecular weight excluding hydrogens is 244 g/mol. The molecule has 98 valence electrons. The molecule has 0 spiro atoms. The van der Waals surface area contributed by atoms with Crippen molar-refractivity contribution in [3.63, 3.8) is 0 Å². The number of hydrogen-bond acceptors (Lipinski definition) is 3. The van der Waals surface area contributed by atoms with E-state index in [0.717, 1.165) is 17.7 Å². The Morgan fingerprint density at radius 2 is 2.17 bits per heavy atom. The Balaban J connectivity index is 1.75. The monoisotopic (exact) mass is 264 g/mol. The van der Waals surface area contributed by atoms with Gasteiger partial charge in [0.05, 0.1) is 11.5 Å². The van der Waals surface area contributed by atoms with E-state index in [-0.39, 0.29) is 12.4 Å². The van der Waals surface area contributed by atoms with Crippen LogP contribution in [0.1, 0.15) is 34.3 Å². The summed E-state index contributed by atoms with van der Waals surface area (Å²) in [4.78, 5) is 13.8. The van der Waals surface area contributed by atoms with Gasteiger partial charge in [0, 0.05) is 4.88 Å². The molecule has 1 aromatic rings. The van der Waals surface area contributed by atoms with Gasteiger partial charge in [0.2, 0.25) is 0 Å². The van der Waals surface area contributed by atoms with Gasteiger partial charge in [-0.15, -0.1) is 11.3 Å². The van der Waals surface area contributed by atoms with Crippen LogP contribution in [0.15, 0.2) is 24.3 Å². The van der Waals surface area contributed by atoms with Crippen LogP contribution in [-0.4, -0.2) is 19.0 Å². The largest absolute Gasteiger partial charge is 0.373 e. The summed E-state index contributed by atoms with van der Waals surface area (Å²) >= 11 is 1.54. The molecule has 2 unspecified atom stereocenters. The molecule has 2 nitrogen and oxygen atoms in total. The third kappa shape index (κ3) is 3.53. The Kier molecular flexibility index (Phi) is 4.72. The van der Waals surface area contributed by atoms with Crippen molar-refractivity contribution >= 4 is 17.1 Å². The number of thiophene rings is 1. The third-order valence-electron chi connectivity index (χ3n) is 3.50. The van der Waals surface area contributed by atoms with Gasteiger partial charge in [-0.25, -0.2) is 0 Å². The Labute approximate surface area is 113 Å². The molecule has 0 bridgehead atoms. The van der Waals surface area contributed by atoms with Crippen LogP contribution < -0.4 is 0 Å². The second-order valence-electron chi connectivity index (χ2n) is 5.03. The number of carbonyl (C=O) groups is 1. The molecule has 1 aromatic heterocycles. The average molecular weight is 264 g/mol. The summed E-state index contributed by atoms with van der Waals surface area (Å²) in [5.41, 5.74) is 0. The first kappa shape index (κ1) is 13.5. The average Bonchev–Trinajstić information content (AvgIpc) is 2.78. The SMILES string of the molecule is Cc1ccc(C(=O)COCC2CC=CCC2C)s1.